The first-order valence-corrected chi connectivity index (χ1v) is 4.46. The molecule has 0 spiro atoms. The summed E-state index contributed by atoms with van der Waals surface area (Å²) in [4.78, 5) is 15.7. The summed E-state index contributed by atoms with van der Waals surface area (Å²) in [5, 5.41) is 0.547. The Bertz CT molecular complexity index is 535. The molecule has 0 saturated heterocycles. The molecule has 0 radical (unpaired) electrons. The molecule has 0 atom stereocenters. The molecule has 0 unspecified atom stereocenters. The van der Waals surface area contributed by atoms with E-state index in [0.717, 1.165) is 0 Å². The van der Waals surface area contributed by atoms with Gasteiger partial charge in [0.1, 0.15) is 5.65 Å². The molecule has 2 rings (SSSR count). The van der Waals surface area contributed by atoms with Crippen LogP contribution in [0.3, 0.4) is 0 Å². The number of nitrogens with two attached hydrogens (primary N) is 1. The molecule has 2 heterocycles. The van der Waals surface area contributed by atoms with E-state index in [1.807, 2.05) is 0 Å². The average molecular weight is 210 g/mol. The summed E-state index contributed by atoms with van der Waals surface area (Å²) < 4.78 is 1.42. The van der Waals surface area contributed by atoms with Gasteiger partial charge in [0.05, 0.1) is 5.69 Å². The van der Waals surface area contributed by atoms with Crippen molar-refractivity contribution in [3.8, 4) is 0 Å². The quantitative estimate of drug-likeness (QED) is 0.756. The molecule has 0 bridgehead atoms. The van der Waals surface area contributed by atoms with Crippen LogP contribution < -0.4 is 11.3 Å². The number of nitrogens with zero attached hydrogens (tertiary/aromatic N) is 2. The van der Waals surface area contributed by atoms with Gasteiger partial charge in [-0.2, -0.15) is 0 Å². The zero-order chi connectivity index (χ0) is 10.1. The molecule has 0 saturated carbocycles. The van der Waals surface area contributed by atoms with Gasteiger partial charge in [0.25, 0.3) is 5.56 Å². The van der Waals surface area contributed by atoms with Gasteiger partial charge in [-0.1, -0.05) is 11.6 Å². The van der Waals surface area contributed by atoms with Gasteiger partial charge < -0.3 is 5.73 Å². The highest BCUT2D eigenvalue weighted by atomic mass is 35.5. The predicted octanol–water partition coefficient (Wildman–Crippen LogP) is 0.807. The lowest BCUT2D eigenvalue weighted by atomic mass is 10.4. The van der Waals surface area contributed by atoms with E-state index >= 15 is 0 Å². The molecule has 0 aliphatic heterocycles. The van der Waals surface area contributed by atoms with Crippen molar-refractivity contribution in [3.63, 3.8) is 0 Å². The Balaban J connectivity index is 2.84. The van der Waals surface area contributed by atoms with Gasteiger partial charge >= 0.3 is 0 Å². The summed E-state index contributed by atoms with van der Waals surface area (Å²) in [5.41, 5.74) is 6.34. The van der Waals surface area contributed by atoms with Crippen LogP contribution in [0.25, 0.3) is 5.65 Å². The Morgan fingerprint density at radius 1 is 1.50 bits per heavy atom. The first-order chi connectivity index (χ1) is 6.70. The number of aromatic nitrogens is 2. The Morgan fingerprint density at radius 2 is 2.29 bits per heavy atom. The van der Waals surface area contributed by atoms with Crippen LogP contribution in [-0.4, -0.2) is 9.38 Å². The fraction of sp³-hybridized carbons (Fsp3) is 0.111. The van der Waals surface area contributed by atoms with Crippen molar-refractivity contribution in [1.29, 1.82) is 0 Å². The van der Waals surface area contributed by atoms with Crippen molar-refractivity contribution in [2.75, 3.05) is 0 Å². The monoisotopic (exact) mass is 209 g/mol. The van der Waals surface area contributed by atoms with Crippen LogP contribution >= 0.6 is 11.6 Å². The fourth-order valence-electron chi connectivity index (χ4n) is 1.23. The van der Waals surface area contributed by atoms with Gasteiger partial charge in [-0.25, -0.2) is 4.98 Å². The highest BCUT2D eigenvalue weighted by Crippen LogP contribution is 2.09. The van der Waals surface area contributed by atoms with Crippen LogP contribution in [0.2, 0.25) is 5.02 Å². The van der Waals surface area contributed by atoms with Gasteiger partial charge in [0.15, 0.2) is 0 Å². The second-order valence-electron chi connectivity index (χ2n) is 2.86. The number of hydrogen-bond donors (Lipinski definition) is 1. The maximum absolute atomic E-state index is 11.5. The van der Waals surface area contributed by atoms with Gasteiger partial charge in [0, 0.05) is 29.9 Å². The Hall–Kier alpha value is -1.39. The summed E-state index contributed by atoms with van der Waals surface area (Å²) in [7, 11) is 0. The lowest BCUT2D eigenvalue weighted by molar-refractivity contribution is 0.943. The minimum atomic E-state index is -0.146. The van der Waals surface area contributed by atoms with Crippen LogP contribution in [0.15, 0.2) is 29.2 Å². The van der Waals surface area contributed by atoms with E-state index in [0.29, 0.717) is 16.4 Å². The lowest BCUT2D eigenvalue weighted by Gasteiger charge is -2.01. The van der Waals surface area contributed by atoms with E-state index < -0.39 is 0 Å². The maximum atomic E-state index is 11.5. The highest BCUT2D eigenvalue weighted by molar-refractivity contribution is 6.30. The molecule has 5 heteroatoms. The van der Waals surface area contributed by atoms with Crippen molar-refractivity contribution in [1.82, 2.24) is 9.38 Å². The summed E-state index contributed by atoms with van der Waals surface area (Å²) in [6.07, 6.45) is 1.59. The van der Waals surface area contributed by atoms with E-state index in [9.17, 15) is 4.79 Å². The van der Waals surface area contributed by atoms with Crippen molar-refractivity contribution in [3.05, 3.63) is 45.5 Å². The highest BCUT2D eigenvalue weighted by Gasteiger charge is 2.00. The third kappa shape index (κ3) is 1.49. The van der Waals surface area contributed by atoms with Gasteiger partial charge in [-0.3, -0.25) is 9.20 Å². The standard InChI is InChI=1S/C9H8ClN3O/c10-6-1-2-13-8(3-6)12-7(5-11)4-9(13)14/h1-4H,5,11H2. The zero-order valence-corrected chi connectivity index (χ0v) is 8.03. The summed E-state index contributed by atoms with van der Waals surface area (Å²) in [5.74, 6) is 0. The summed E-state index contributed by atoms with van der Waals surface area (Å²) in [6, 6.07) is 4.68. The molecule has 72 valence electrons. The lowest BCUT2D eigenvalue weighted by Crippen LogP contribution is -2.16. The molecule has 0 aliphatic carbocycles. The molecule has 4 nitrogen and oxygen atoms in total. The van der Waals surface area contributed by atoms with Gasteiger partial charge in [-0.05, 0) is 6.07 Å². The first-order valence-electron chi connectivity index (χ1n) is 4.08. The fourth-order valence-corrected chi connectivity index (χ4v) is 1.39. The molecule has 2 N–H and O–H groups in total. The molecule has 0 amide bonds. The van der Waals surface area contributed by atoms with E-state index in [-0.39, 0.29) is 12.1 Å². The number of rotatable bonds is 1. The molecular formula is C9H8ClN3O. The molecule has 0 aromatic carbocycles. The molecule has 0 aliphatic rings. The molecule has 2 aromatic heterocycles. The van der Waals surface area contributed by atoms with E-state index in [1.54, 1.807) is 18.3 Å². The Morgan fingerprint density at radius 3 is 3.00 bits per heavy atom. The maximum Gasteiger partial charge on any atom is 0.258 e. The average Bonchev–Trinajstić information content (AvgIpc) is 2.16. The Labute approximate surface area is 84.9 Å². The zero-order valence-electron chi connectivity index (χ0n) is 7.27. The minimum absolute atomic E-state index is 0.146. The number of pyridine rings is 1. The smallest absolute Gasteiger partial charge is 0.258 e. The van der Waals surface area contributed by atoms with Crippen molar-refractivity contribution >= 4 is 17.2 Å². The SMILES string of the molecule is NCc1cc(=O)n2ccc(Cl)cc2n1. The van der Waals surface area contributed by atoms with Crippen LogP contribution in [-0.2, 0) is 6.54 Å². The third-order valence-electron chi connectivity index (χ3n) is 1.89. The van der Waals surface area contributed by atoms with E-state index in [2.05, 4.69) is 4.98 Å². The van der Waals surface area contributed by atoms with Crippen molar-refractivity contribution in [2.45, 2.75) is 6.54 Å². The van der Waals surface area contributed by atoms with Crippen molar-refractivity contribution < 1.29 is 0 Å². The normalized spacial score (nSPS) is 10.7. The number of hydrogen-bond acceptors (Lipinski definition) is 3. The topological polar surface area (TPSA) is 60.4 Å². The second-order valence-corrected chi connectivity index (χ2v) is 3.30. The van der Waals surface area contributed by atoms with Crippen molar-refractivity contribution in [2.24, 2.45) is 5.73 Å². The van der Waals surface area contributed by atoms with Crippen LogP contribution in [0.5, 0.6) is 0 Å². The molecular weight excluding hydrogens is 202 g/mol. The second kappa shape index (κ2) is 3.40. The van der Waals surface area contributed by atoms with Crippen LogP contribution in [0.1, 0.15) is 5.69 Å². The summed E-state index contributed by atoms with van der Waals surface area (Å²) in [6.45, 7) is 0.248. The Kier molecular flexibility index (Phi) is 2.23. The van der Waals surface area contributed by atoms with Crippen LogP contribution in [0.4, 0.5) is 0 Å². The number of fused-ring (bicyclic) bond motifs is 1. The van der Waals surface area contributed by atoms with E-state index in [1.165, 1.54) is 10.5 Å². The summed E-state index contributed by atoms with van der Waals surface area (Å²) >= 11 is 5.78. The van der Waals surface area contributed by atoms with Gasteiger partial charge in [0.2, 0.25) is 0 Å². The molecule has 2 aromatic rings. The van der Waals surface area contributed by atoms with E-state index in [4.69, 9.17) is 17.3 Å². The minimum Gasteiger partial charge on any atom is -0.325 e. The van der Waals surface area contributed by atoms with Gasteiger partial charge in [-0.15, -0.1) is 0 Å². The molecule has 14 heavy (non-hydrogen) atoms. The predicted molar refractivity (Wildman–Crippen MR) is 54.4 cm³/mol. The number of halogens is 1. The largest absolute Gasteiger partial charge is 0.325 e. The third-order valence-corrected chi connectivity index (χ3v) is 2.13. The molecule has 0 fully saturated rings. The first kappa shape index (κ1) is 9.18. The van der Waals surface area contributed by atoms with Crippen LogP contribution in [0, 0.1) is 0 Å².